The third kappa shape index (κ3) is 6.38. The van der Waals surface area contributed by atoms with Gasteiger partial charge in [0, 0.05) is 31.9 Å². The van der Waals surface area contributed by atoms with E-state index >= 15 is 0 Å². The van der Waals surface area contributed by atoms with Crippen LogP contribution in [0.1, 0.15) is 26.3 Å². The highest BCUT2D eigenvalue weighted by Gasteiger charge is 2.23. The van der Waals surface area contributed by atoms with Gasteiger partial charge in [0.05, 0.1) is 13.2 Å². The lowest BCUT2D eigenvalue weighted by Crippen LogP contribution is -2.50. The average molecular weight is 347 g/mol. The number of carbonyl (C=O) groups excluding carboxylic acids is 2. The van der Waals surface area contributed by atoms with Crippen LogP contribution < -0.4 is 5.32 Å². The Kier molecular flexibility index (Phi) is 7.25. The number of piperazine rings is 1. The number of nitrogens with one attached hydrogen (secondary N) is 1. The van der Waals surface area contributed by atoms with E-state index in [0.717, 1.165) is 12.1 Å². The molecule has 0 aromatic heterocycles. The van der Waals surface area contributed by atoms with Crippen molar-refractivity contribution in [3.8, 4) is 0 Å². The third-order valence-corrected chi connectivity index (χ3v) is 4.18. The Morgan fingerprint density at radius 3 is 2.32 bits per heavy atom. The number of anilines is 1. The number of hydrogen-bond donors (Lipinski definition) is 1. The molecule has 25 heavy (non-hydrogen) atoms. The Labute approximate surface area is 150 Å². The van der Waals surface area contributed by atoms with Gasteiger partial charge < -0.3 is 15.0 Å². The standard InChI is InChI=1S/C19H29N3O3/c1-4-16-5-7-17(8-6-16)20-18(23)13-21-9-11-22(12-10-21)19(24)25-14-15(2)3/h5-8,15H,4,9-14H2,1-3H3,(H,20,23). The molecule has 0 unspecified atom stereocenters. The van der Waals surface area contributed by atoms with Crippen molar-refractivity contribution in [2.24, 2.45) is 5.92 Å². The first-order chi connectivity index (χ1) is 12.0. The summed E-state index contributed by atoms with van der Waals surface area (Å²) in [6.45, 7) is 9.45. The first-order valence-corrected chi connectivity index (χ1v) is 9.00. The van der Waals surface area contributed by atoms with Crippen LogP contribution in [0.3, 0.4) is 0 Å². The van der Waals surface area contributed by atoms with Gasteiger partial charge in [0.15, 0.2) is 0 Å². The third-order valence-electron chi connectivity index (χ3n) is 4.18. The zero-order valence-corrected chi connectivity index (χ0v) is 15.5. The summed E-state index contributed by atoms with van der Waals surface area (Å²) in [7, 11) is 0. The lowest BCUT2D eigenvalue weighted by atomic mass is 10.1. The van der Waals surface area contributed by atoms with Crippen LogP contribution in [0, 0.1) is 5.92 Å². The molecule has 138 valence electrons. The van der Waals surface area contributed by atoms with Gasteiger partial charge in [-0.1, -0.05) is 32.9 Å². The van der Waals surface area contributed by atoms with Gasteiger partial charge in [-0.15, -0.1) is 0 Å². The van der Waals surface area contributed by atoms with Gasteiger partial charge in [0.25, 0.3) is 0 Å². The molecule has 1 N–H and O–H groups in total. The summed E-state index contributed by atoms with van der Waals surface area (Å²) in [5.74, 6) is 0.306. The summed E-state index contributed by atoms with van der Waals surface area (Å²) >= 11 is 0. The number of nitrogens with zero attached hydrogens (tertiary/aromatic N) is 2. The Bertz CT molecular complexity index is 564. The van der Waals surface area contributed by atoms with Crippen molar-refractivity contribution in [2.45, 2.75) is 27.2 Å². The number of ether oxygens (including phenoxy) is 1. The van der Waals surface area contributed by atoms with Gasteiger partial charge in [0.2, 0.25) is 5.91 Å². The topological polar surface area (TPSA) is 61.9 Å². The maximum absolute atomic E-state index is 12.2. The lowest BCUT2D eigenvalue weighted by Gasteiger charge is -2.33. The van der Waals surface area contributed by atoms with Crippen molar-refractivity contribution in [1.82, 2.24) is 9.80 Å². The van der Waals surface area contributed by atoms with Crippen LogP contribution in [0.2, 0.25) is 0 Å². The Hall–Kier alpha value is -2.08. The zero-order valence-electron chi connectivity index (χ0n) is 15.5. The van der Waals surface area contributed by atoms with Crippen molar-refractivity contribution in [3.05, 3.63) is 29.8 Å². The fourth-order valence-electron chi connectivity index (χ4n) is 2.65. The van der Waals surface area contributed by atoms with Gasteiger partial charge in [-0.2, -0.15) is 0 Å². The summed E-state index contributed by atoms with van der Waals surface area (Å²) in [4.78, 5) is 27.9. The first kappa shape index (κ1) is 19.2. The quantitative estimate of drug-likeness (QED) is 0.859. The van der Waals surface area contributed by atoms with Gasteiger partial charge >= 0.3 is 6.09 Å². The molecule has 1 aliphatic heterocycles. The molecule has 2 amide bonds. The number of rotatable bonds is 6. The highest BCUT2D eigenvalue weighted by molar-refractivity contribution is 5.92. The zero-order chi connectivity index (χ0) is 18.2. The fourth-order valence-corrected chi connectivity index (χ4v) is 2.65. The van der Waals surface area contributed by atoms with Gasteiger partial charge in [-0.3, -0.25) is 9.69 Å². The van der Waals surface area contributed by atoms with Crippen LogP contribution in [-0.2, 0) is 16.0 Å². The van der Waals surface area contributed by atoms with Gasteiger partial charge in [-0.25, -0.2) is 4.79 Å². The monoisotopic (exact) mass is 347 g/mol. The van der Waals surface area contributed by atoms with Crippen molar-refractivity contribution in [3.63, 3.8) is 0 Å². The van der Waals surface area contributed by atoms with Crippen molar-refractivity contribution < 1.29 is 14.3 Å². The van der Waals surface area contributed by atoms with Crippen molar-refractivity contribution in [2.75, 3.05) is 44.6 Å². The molecule has 0 spiro atoms. The second kappa shape index (κ2) is 9.42. The highest BCUT2D eigenvalue weighted by atomic mass is 16.6. The molecule has 6 nitrogen and oxygen atoms in total. The van der Waals surface area contributed by atoms with Crippen LogP contribution in [0.5, 0.6) is 0 Å². The van der Waals surface area contributed by atoms with E-state index in [0.29, 0.717) is 45.2 Å². The summed E-state index contributed by atoms with van der Waals surface area (Å²) in [6, 6.07) is 7.91. The molecule has 1 heterocycles. The van der Waals surface area contributed by atoms with E-state index in [2.05, 4.69) is 17.1 Å². The Balaban J connectivity index is 1.71. The molecule has 0 bridgehead atoms. The minimum absolute atomic E-state index is 0.0277. The summed E-state index contributed by atoms with van der Waals surface area (Å²) in [5, 5.41) is 2.92. The molecule has 1 aromatic carbocycles. The Morgan fingerprint density at radius 2 is 1.76 bits per heavy atom. The number of carbonyl (C=O) groups is 2. The molecule has 2 rings (SSSR count). The van der Waals surface area contributed by atoms with Crippen molar-refractivity contribution in [1.29, 1.82) is 0 Å². The summed E-state index contributed by atoms with van der Waals surface area (Å²) in [5.41, 5.74) is 2.07. The largest absolute Gasteiger partial charge is 0.449 e. The predicted molar refractivity (Wildman–Crippen MR) is 98.6 cm³/mol. The molecule has 0 radical (unpaired) electrons. The maximum Gasteiger partial charge on any atom is 0.409 e. The van der Waals surface area contributed by atoms with E-state index in [1.807, 2.05) is 38.1 Å². The average Bonchev–Trinajstić information content (AvgIpc) is 2.61. The normalized spacial score (nSPS) is 15.3. The lowest BCUT2D eigenvalue weighted by molar-refractivity contribution is -0.117. The van der Waals surface area contributed by atoms with Crippen molar-refractivity contribution >= 4 is 17.7 Å². The molecular formula is C19H29N3O3. The summed E-state index contributed by atoms with van der Waals surface area (Å²) in [6.07, 6.45) is 0.729. The minimum Gasteiger partial charge on any atom is -0.449 e. The van der Waals surface area contributed by atoms with E-state index in [1.54, 1.807) is 4.90 Å². The molecule has 0 atom stereocenters. The summed E-state index contributed by atoms with van der Waals surface area (Å²) < 4.78 is 5.25. The molecule has 1 fully saturated rings. The minimum atomic E-state index is -0.256. The van der Waals surface area contributed by atoms with Crippen LogP contribution in [0.4, 0.5) is 10.5 Å². The van der Waals surface area contributed by atoms with E-state index in [-0.39, 0.29) is 12.0 Å². The van der Waals surface area contributed by atoms with Crippen LogP contribution in [0.15, 0.2) is 24.3 Å². The highest BCUT2D eigenvalue weighted by Crippen LogP contribution is 2.10. The van der Waals surface area contributed by atoms with Crippen LogP contribution >= 0.6 is 0 Å². The van der Waals surface area contributed by atoms with Gasteiger partial charge in [-0.05, 0) is 30.0 Å². The first-order valence-electron chi connectivity index (χ1n) is 9.00. The number of aryl methyl sites for hydroxylation is 1. The Morgan fingerprint density at radius 1 is 1.12 bits per heavy atom. The molecule has 1 aromatic rings. The second-order valence-electron chi connectivity index (χ2n) is 6.83. The second-order valence-corrected chi connectivity index (χ2v) is 6.83. The van der Waals surface area contributed by atoms with E-state index in [4.69, 9.17) is 4.74 Å². The number of hydrogen-bond acceptors (Lipinski definition) is 4. The van der Waals surface area contributed by atoms with E-state index < -0.39 is 0 Å². The van der Waals surface area contributed by atoms with E-state index in [9.17, 15) is 9.59 Å². The maximum atomic E-state index is 12.2. The molecule has 1 aliphatic rings. The number of amides is 2. The molecule has 0 aliphatic carbocycles. The van der Waals surface area contributed by atoms with Crippen LogP contribution in [0.25, 0.3) is 0 Å². The predicted octanol–water partition coefficient (Wildman–Crippen LogP) is 2.60. The van der Waals surface area contributed by atoms with Gasteiger partial charge in [0.1, 0.15) is 0 Å². The number of benzene rings is 1. The van der Waals surface area contributed by atoms with E-state index in [1.165, 1.54) is 5.56 Å². The fraction of sp³-hybridized carbons (Fsp3) is 0.579. The molecular weight excluding hydrogens is 318 g/mol. The SMILES string of the molecule is CCc1ccc(NC(=O)CN2CCN(C(=O)OCC(C)C)CC2)cc1. The molecule has 1 saturated heterocycles. The van der Waals surface area contributed by atoms with Crippen LogP contribution in [-0.4, -0.2) is 61.1 Å². The smallest absolute Gasteiger partial charge is 0.409 e. The molecule has 6 heteroatoms. The molecule has 0 saturated carbocycles.